The number of aromatic carboxylic acids is 1. The highest BCUT2D eigenvalue weighted by Crippen LogP contribution is 2.45. The summed E-state index contributed by atoms with van der Waals surface area (Å²) in [5.41, 5.74) is 4.94. The zero-order chi connectivity index (χ0) is 24.7. The van der Waals surface area contributed by atoms with E-state index >= 15 is 0 Å². The van der Waals surface area contributed by atoms with E-state index in [1.54, 1.807) is 30.5 Å². The molecule has 1 fully saturated rings. The Kier molecular flexibility index (Phi) is 5.74. The number of phenols is 1. The van der Waals surface area contributed by atoms with Gasteiger partial charge in [-0.1, -0.05) is 30.3 Å². The number of benzene rings is 2. The molecule has 0 saturated carbocycles. The van der Waals surface area contributed by atoms with Gasteiger partial charge in [-0.25, -0.2) is 4.79 Å². The van der Waals surface area contributed by atoms with Crippen LogP contribution < -0.4 is 10.2 Å². The maximum Gasteiger partial charge on any atom is 0.337 e. The number of carbonyl (C=O) groups is 1. The fraction of sp³-hybridized carbons (Fsp3) is 0.148. The van der Waals surface area contributed by atoms with Crippen molar-refractivity contribution in [2.24, 2.45) is 0 Å². The Morgan fingerprint density at radius 2 is 1.69 bits per heavy atom. The van der Waals surface area contributed by atoms with Gasteiger partial charge in [-0.3, -0.25) is 4.98 Å². The van der Waals surface area contributed by atoms with Crippen molar-refractivity contribution in [1.29, 1.82) is 0 Å². The number of phenolic OH excluding ortho intramolecular Hbond substituents is 1. The molecule has 176 valence electrons. The number of para-hydroxylation sites is 3. The summed E-state index contributed by atoms with van der Waals surface area (Å²) in [6.45, 7) is 3.93. The molecule has 1 aliphatic rings. The second-order valence-corrected chi connectivity index (χ2v) is 8.86. The highest BCUT2D eigenvalue weighted by atomic mass is 32.1. The van der Waals surface area contributed by atoms with E-state index in [4.69, 9.17) is 12.2 Å². The maximum atomic E-state index is 12.0. The van der Waals surface area contributed by atoms with Crippen molar-refractivity contribution < 1.29 is 15.0 Å². The van der Waals surface area contributed by atoms with Crippen LogP contribution in [-0.4, -0.2) is 30.8 Å². The average molecular weight is 485 g/mol. The number of anilines is 1. The van der Waals surface area contributed by atoms with Gasteiger partial charge in [-0.05, 0) is 74.1 Å². The molecule has 0 radical (unpaired) electrons. The van der Waals surface area contributed by atoms with Gasteiger partial charge in [0.1, 0.15) is 5.75 Å². The highest BCUT2D eigenvalue weighted by molar-refractivity contribution is 7.80. The first-order valence-electron chi connectivity index (χ1n) is 11.2. The van der Waals surface area contributed by atoms with Gasteiger partial charge in [0, 0.05) is 17.6 Å². The smallest absolute Gasteiger partial charge is 0.337 e. The lowest BCUT2D eigenvalue weighted by Crippen LogP contribution is -2.29. The van der Waals surface area contributed by atoms with Gasteiger partial charge < -0.3 is 25.0 Å². The predicted octanol–water partition coefficient (Wildman–Crippen LogP) is 5.07. The molecule has 2 aromatic carbocycles. The minimum atomic E-state index is -0.986. The molecule has 2 atom stereocenters. The van der Waals surface area contributed by atoms with E-state index < -0.39 is 5.97 Å². The van der Waals surface area contributed by atoms with Crippen molar-refractivity contribution >= 4 is 29.0 Å². The molecule has 0 aliphatic carbocycles. The monoisotopic (exact) mass is 484 g/mol. The first-order valence-corrected chi connectivity index (χ1v) is 11.6. The lowest BCUT2D eigenvalue weighted by Gasteiger charge is -2.28. The van der Waals surface area contributed by atoms with E-state index in [-0.39, 0.29) is 23.4 Å². The second-order valence-electron chi connectivity index (χ2n) is 8.47. The van der Waals surface area contributed by atoms with Gasteiger partial charge in [-0.15, -0.1) is 0 Å². The summed E-state index contributed by atoms with van der Waals surface area (Å²) < 4.78 is 1.96. The van der Waals surface area contributed by atoms with E-state index in [9.17, 15) is 15.0 Å². The van der Waals surface area contributed by atoms with E-state index in [0.717, 1.165) is 22.6 Å². The van der Waals surface area contributed by atoms with Crippen molar-refractivity contribution in [3.63, 3.8) is 0 Å². The van der Waals surface area contributed by atoms with Gasteiger partial charge in [0.25, 0.3) is 0 Å². The summed E-state index contributed by atoms with van der Waals surface area (Å²) in [5.74, 6) is -0.867. The summed E-state index contributed by atoms with van der Waals surface area (Å²) in [6, 6.07) is 21.2. The molecule has 4 aromatic rings. The number of carboxylic acids is 1. The summed E-state index contributed by atoms with van der Waals surface area (Å²) in [4.78, 5) is 18.4. The third kappa shape index (κ3) is 3.81. The summed E-state index contributed by atoms with van der Waals surface area (Å²) in [7, 11) is 0. The zero-order valence-corrected chi connectivity index (χ0v) is 20.0. The number of hydrogen-bond acceptors (Lipinski definition) is 4. The molecule has 35 heavy (non-hydrogen) atoms. The number of carboxylic acid groups (broad SMARTS) is 1. The lowest BCUT2D eigenvalue weighted by atomic mass is 9.96. The number of aromatic nitrogens is 2. The van der Waals surface area contributed by atoms with E-state index in [1.807, 2.05) is 65.8 Å². The van der Waals surface area contributed by atoms with E-state index in [2.05, 4.69) is 16.4 Å². The average Bonchev–Trinajstić information content (AvgIpc) is 3.35. The highest BCUT2D eigenvalue weighted by Gasteiger charge is 2.43. The Morgan fingerprint density at radius 1 is 1.00 bits per heavy atom. The van der Waals surface area contributed by atoms with Gasteiger partial charge in [-0.2, -0.15) is 0 Å². The van der Waals surface area contributed by atoms with Crippen LogP contribution in [-0.2, 0) is 0 Å². The van der Waals surface area contributed by atoms with Crippen LogP contribution in [0.1, 0.15) is 45.1 Å². The SMILES string of the molecule is Cc1cc([C@H]2[C@@H](c3ccccn3)NC(=S)N2c2ccccc2O)c(C)n1-c1ccccc1C(=O)O. The molecule has 3 N–H and O–H groups in total. The Hall–Kier alpha value is -4.17. The van der Waals surface area contributed by atoms with Gasteiger partial charge in [0.15, 0.2) is 5.11 Å². The molecule has 5 rings (SSSR count). The Bertz CT molecular complexity index is 1430. The normalized spacial score (nSPS) is 17.4. The number of hydrogen-bond donors (Lipinski definition) is 3. The molecule has 8 heteroatoms. The van der Waals surface area contributed by atoms with Crippen LogP contribution in [0.25, 0.3) is 5.69 Å². The predicted molar refractivity (Wildman–Crippen MR) is 138 cm³/mol. The second kappa shape index (κ2) is 8.88. The molecular weight excluding hydrogens is 460 g/mol. The molecule has 1 saturated heterocycles. The Balaban J connectivity index is 1.72. The molecule has 0 unspecified atom stereocenters. The molecule has 2 aromatic heterocycles. The molecule has 7 nitrogen and oxygen atoms in total. The van der Waals surface area contributed by atoms with Crippen LogP contribution in [0.3, 0.4) is 0 Å². The summed E-state index contributed by atoms with van der Waals surface area (Å²) in [5, 5.41) is 24.4. The molecular formula is C27H24N4O3S. The zero-order valence-electron chi connectivity index (χ0n) is 19.2. The van der Waals surface area contributed by atoms with Crippen LogP contribution in [0.4, 0.5) is 5.69 Å². The molecule has 1 aliphatic heterocycles. The first-order chi connectivity index (χ1) is 16.9. The standard InChI is InChI=1S/C27H24N4O3S/c1-16-15-19(17(2)30(16)21-11-4-3-9-18(21)26(33)34)25-24(20-10-7-8-14-28-20)29-27(35)31(25)22-12-5-6-13-23(22)32/h3-15,24-25,32H,1-2H3,(H,29,35)(H,33,34)/t24-,25+/m1/s1. The number of aromatic hydroxyl groups is 1. The topological polar surface area (TPSA) is 90.6 Å². The van der Waals surface area contributed by atoms with Crippen LogP contribution in [0.5, 0.6) is 5.75 Å². The Morgan fingerprint density at radius 3 is 2.37 bits per heavy atom. The van der Waals surface area contributed by atoms with Crippen molar-refractivity contribution in [1.82, 2.24) is 14.9 Å². The van der Waals surface area contributed by atoms with Gasteiger partial charge >= 0.3 is 5.97 Å². The van der Waals surface area contributed by atoms with E-state index in [0.29, 0.717) is 16.5 Å². The lowest BCUT2D eigenvalue weighted by molar-refractivity contribution is 0.0697. The van der Waals surface area contributed by atoms with Crippen molar-refractivity contribution in [3.05, 3.63) is 107 Å². The minimum absolute atomic E-state index is 0.119. The third-order valence-corrected chi connectivity index (χ3v) is 6.72. The van der Waals surface area contributed by atoms with Crippen LogP contribution in [0.15, 0.2) is 79.0 Å². The fourth-order valence-corrected chi connectivity index (χ4v) is 5.24. The van der Waals surface area contributed by atoms with Gasteiger partial charge in [0.2, 0.25) is 0 Å². The van der Waals surface area contributed by atoms with E-state index in [1.165, 1.54) is 0 Å². The fourth-order valence-electron chi connectivity index (χ4n) is 4.91. The number of aryl methyl sites for hydroxylation is 1. The molecule has 0 bridgehead atoms. The van der Waals surface area contributed by atoms with Crippen molar-refractivity contribution in [2.75, 3.05) is 4.90 Å². The molecule has 0 spiro atoms. The minimum Gasteiger partial charge on any atom is -0.506 e. The quantitative estimate of drug-likeness (QED) is 0.341. The number of thiocarbonyl (C=S) groups is 1. The van der Waals surface area contributed by atoms with Crippen molar-refractivity contribution in [3.8, 4) is 11.4 Å². The van der Waals surface area contributed by atoms with Gasteiger partial charge in [0.05, 0.1) is 34.7 Å². The van der Waals surface area contributed by atoms with Crippen molar-refractivity contribution in [2.45, 2.75) is 25.9 Å². The first kappa shape index (κ1) is 22.6. The van der Waals surface area contributed by atoms with Crippen LogP contribution in [0, 0.1) is 13.8 Å². The molecule has 0 amide bonds. The summed E-state index contributed by atoms with van der Waals surface area (Å²) >= 11 is 5.76. The third-order valence-electron chi connectivity index (χ3n) is 6.40. The number of nitrogens with zero attached hydrogens (tertiary/aromatic N) is 3. The number of rotatable bonds is 5. The number of pyridine rings is 1. The van der Waals surface area contributed by atoms with Crippen LogP contribution in [0.2, 0.25) is 0 Å². The molecule has 3 heterocycles. The number of nitrogens with one attached hydrogen (secondary N) is 1. The maximum absolute atomic E-state index is 12.0. The summed E-state index contributed by atoms with van der Waals surface area (Å²) in [6.07, 6.45) is 1.74. The van der Waals surface area contributed by atoms with Crippen LogP contribution >= 0.6 is 12.2 Å². The largest absolute Gasteiger partial charge is 0.506 e. The Labute approximate surface area is 208 Å².